The molecule has 2 nitrogen and oxygen atoms in total. The van der Waals surface area contributed by atoms with Crippen molar-refractivity contribution in [1.29, 1.82) is 0 Å². The molecular weight excluding hydrogens is 292 g/mol. The van der Waals surface area contributed by atoms with Gasteiger partial charge in [-0.1, -0.05) is 0 Å². The lowest BCUT2D eigenvalue weighted by Gasteiger charge is -2.55. The lowest BCUT2D eigenvalue weighted by Crippen LogP contribution is -2.49. The summed E-state index contributed by atoms with van der Waals surface area (Å²) in [5.41, 5.74) is 0.643. The lowest BCUT2D eigenvalue weighted by atomic mass is 9.53. The van der Waals surface area contributed by atoms with Gasteiger partial charge in [-0.25, -0.2) is 0 Å². The minimum absolute atomic E-state index is 0.322. The summed E-state index contributed by atoms with van der Waals surface area (Å²) in [6.45, 7) is 0. The molecule has 0 spiro atoms. The summed E-state index contributed by atoms with van der Waals surface area (Å²) in [4.78, 5) is 10.3. The molecule has 0 unspecified atom stereocenters. The molecule has 0 amide bonds. The SMILES string of the molecule is C(/C=N/C12CC3CC(CC(C3)C1)C2)=N\C12CC3CC(CC(C3)C1)C2. The lowest BCUT2D eigenvalue weighted by molar-refractivity contribution is 0.00130. The molecule has 8 aliphatic carbocycles. The molecule has 0 aliphatic heterocycles. The van der Waals surface area contributed by atoms with Gasteiger partial charge in [0.1, 0.15) is 0 Å². The summed E-state index contributed by atoms with van der Waals surface area (Å²) in [7, 11) is 0. The number of nitrogens with zero attached hydrogens (tertiary/aromatic N) is 2. The van der Waals surface area contributed by atoms with E-state index in [9.17, 15) is 0 Å². The fourth-order valence-electron chi connectivity index (χ4n) is 8.83. The maximum atomic E-state index is 5.16. The molecule has 2 heteroatoms. The molecule has 0 aromatic heterocycles. The van der Waals surface area contributed by atoms with Crippen LogP contribution in [0.4, 0.5) is 0 Å². The molecule has 0 atom stereocenters. The molecule has 8 rings (SSSR count). The maximum absolute atomic E-state index is 5.16. The van der Waals surface area contributed by atoms with Crippen LogP contribution in [-0.4, -0.2) is 23.5 Å². The normalized spacial score (nSPS) is 57.7. The van der Waals surface area contributed by atoms with E-state index in [1.54, 1.807) is 0 Å². The summed E-state index contributed by atoms with van der Waals surface area (Å²) in [6, 6.07) is 0. The van der Waals surface area contributed by atoms with Gasteiger partial charge in [0, 0.05) is 12.4 Å². The van der Waals surface area contributed by atoms with E-state index in [1.807, 2.05) is 0 Å². The highest BCUT2D eigenvalue weighted by molar-refractivity contribution is 6.16. The Balaban J connectivity index is 1.18. The van der Waals surface area contributed by atoms with Crippen LogP contribution >= 0.6 is 0 Å². The van der Waals surface area contributed by atoms with Gasteiger partial charge in [-0.3, -0.25) is 9.98 Å². The van der Waals surface area contributed by atoms with Gasteiger partial charge in [-0.05, 0) is 113 Å². The van der Waals surface area contributed by atoms with E-state index >= 15 is 0 Å². The largest absolute Gasteiger partial charge is 0.285 e. The second-order valence-electron chi connectivity index (χ2n) is 10.8. The third-order valence-corrected chi connectivity index (χ3v) is 8.78. The van der Waals surface area contributed by atoms with Crippen LogP contribution in [0.1, 0.15) is 77.0 Å². The third-order valence-electron chi connectivity index (χ3n) is 8.78. The molecule has 0 radical (unpaired) electrons. The van der Waals surface area contributed by atoms with Gasteiger partial charge < -0.3 is 0 Å². The Morgan fingerprint density at radius 1 is 0.458 bits per heavy atom. The number of hydrogen-bond donors (Lipinski definition) is 0. The Hall–Kier alpha value is -0.660. The molecule has 0 aromatic carbocycles. The van der Waals surface area contributed by atoms with Crippen LogP contribution in [0.3, 0.4) is 0 Å². The minimum atomic E-state index is 0.322. The Bertz CT molecular complexity index is 464. The molecule has 0 N–H and O–H groups in total. The van der Waals surface area contributed by atoms with Crippen LogP contribution in [0.25, 0.3) is 0 Å². The fraction of sp³-hybridized carbons (Fsp3) is 0.909. The van der Waals surface area contributed by atoms with Crippen molar-refractivity contribution in [2.24, 2.45) is 45.5 Å². The molecule has 24 heavy (non-hydrogen) atoms. The number of hydrogen-bond acceptors (Lipinski definition) is 2. The Morgan fingerprint density at radius 3 is 0.958 bits per heavy atom. The van der Waals surface area contributed by atoms with Gasteiger partial charge in [0.05, 0.1) is 11.1 Å². The number of aliphatic imine (C=N–C) groups is 2. The Labute approximate surface area is 146 Å². The third kappa shape index (κ3) is 2.27. The first kappa shape index (κ1) is 14.5. The molecule has 0 saturated heterocycles. The minimum Gasteiger partial charge on any atom is -0.285 e. The predicted octanol–water partition coefficient (Wildman–Crippen LogP) is 5.07. The van der Waals surface area contributed by atoms with E-state index in [0.29, 0.717) is 11.1 Å². The van der Waals surface area contributed by atoms with E-state index in [4.69, 9.17) is 9.98 Å². The quantitative estimate of drug-likeness (QED) is 0.648. The van der Waals surface area contributed by atoms with Gasteiger partial charge in [0.15, 0.2) is 0 Å². The van der Waals surface area contributed by atoms with E-state index in [1.165, 1.54) is 77.0 Å². The van der Waals surface area contributed by atoms with E-state index < -0.39 is 0 Å². The van der Waals surface area contributed by atoms with Crippen molar-refractivity contribution in [1.82, 2.24) is 0 Å². The first-order valence-electron chi connectivity index (χ1n) is 10.8. The van der Waals surface area contributed by atoms with Crippen molar-refractivity contribution in [3.8, 4) is 0 Å². The van der Waals surface area contributed by atoms with Crippen LogP contribution in [-0.2, 0) is 0 Å². The van der Waals surface area contributed by atoms with Crippen LogP contribution in [0.15, 0.2) is 9.98 Å². The van der Waals surface area contributed by atoms with E-state index in [0.717, 1.165) is 35.5 Å². The van der Waals surface area contributed by atoms with Crippen molar-refractivity contribution in [3.63, 3.8) is 0 Å². The molecule has 8 saturated carbocycles. The predicted molar refractivity (Wildman–Crippen MR) is 98.8 cm³/mol. The molecule has 130 valence electrons. The first-order chi connectivity index (χ1) is 11.7. The summed E-state index contributed by atoms with van der Waals surface area (Å²) in [5, 5.41) is 0. The maximum Gasteiger partial charge on any atom is 0.0616 e. The molecule has 0 aromatic rings. The molecular formula is C22H32N2. The molecule has 8 aliphatic rings. The summed E-state index contributed by atoms with van der Waals surface area (Å²) in [5.74, 6) is 5.96. The molecule has 8 fully saturated rings. The fourth-order valence-corrected chi connectivity index (χ4v) is 8.83. The second-order valence-corrected chi connectivity index (χ2v) is 10.8. The average Bonchev–Trinajstić information content (AvgIpc) is 2.49. The van der Waals surface area contributed by atoms with Crippen LogP contribution in [0.5, 0.6) is 0 Å². The van der Waals surface area contributed by atoms with E-state index in [-0.39, 0.29) is 0 Å². The van der Waals surface area contributed by atoms with Gasteiger partial charge >= 0.3 is 0 Å². The van der Waals surface area contributed by atoms with Crippen LogP contribution in [0, 0.1) is 35.5 Å². The monoisotopic (exact) mass is 324 g/mol. The zero-order valence-electron chi connectivity index (χ0n) is 15.0. The highest BCUT2D eigenvalue weighted by Gasteiger charge is 2.51. The standard InChI is InChI=1S/C22H32N2/c1(23-21-9-15-3-16(10-21)5-17(4-15)11-21)2-24-22-12-18-6-19(13-22)8-20(7-18)14-22/h1-2,15-20H,3-14H2/b23-1+,24-2+. The zero-order valence-corrected chi connectivity index (χ0v) is 15.0. The highest BCUT2D eigenvalue weighted by Crippen LogP contribution is 2.58. The van der Waals surface area contributed by atoms with E-state index in [2.05, 4.69) is 12.4 Å². The average molecular weight is 325 g/mol. The molecule has 0 heterocycles. The van der Waals surface area contributed by atoms with Crippen LogP contribution < -0.4 is 0 Å². The van der Waals surface area contributed by atoms with Gasteiger partial charge in [0.25, 0.3) is 0 Å². The zero-order chi connectivity index (χ0) is 15.8. The first-order valence-corrected chi connectivity index (χ1v) is 10.8. The number of rotatable bonds is 3. The summed E-state index contributed by atoms with van der Waals surface area (Å²) in [6.07, 6.45) is 21.6. The smallest absolute Gasteiger partial charge is 0.0616 e. The van der Waals surface area contributed by atoms with Gasteiger partial charge in [-0.15, -0.1) is 0 Å². The van der Waals surface area contributed by atoms with Gasteiger partial charge in [0.2, 0.25) is 0 Å². The van der Waals surface area contributed by atoms with Crippen molar-refractivity contribution in [2.75, 3.05) is 0 Å². The highest BCUT2D eigenvalue weighted by atomic mass is 14.9. The summed E-state index contributed by atoms with van der Waals surface area (Å²) >= 11 is 0. The Morgan fingerprint density at radius 2 is 0.708 bits per heavy atom. The molecule has 8 bridgehead atoms. The van der Waals surface area contributed by atoms with Crippen molar-refractivity contribution >= 4 is 12.4 Å². The topological polar surface area (TPSA) is 24.7 Å². The van der Waals surface area contributed by atoms with Crippen molar-refractivity contribution in [3.05, 3.63) is 0 Å². The van der Waals surface area contributed by atoms with Crippen LogP contribution in [0.2, 0.25) is 0 Å². The van der Waals surface area contributed by atoms with Gasteiger partial charge in [-0.2, -0.15) is 0 Å². The Kier molecular flexibility index (Phi) is 2.99. The van der Waals surface area contributed by atoms with Crippen molar-refractivity contribution < 1.29 is 0 Å². The van der Waals surface area contributed by atoms with Crippen molar-refractivity contribution in [2.45, 2.75) is 88.1 Å². The summed E-state index contributed by atoms with van der Waals surface area (Å²) < 4.78 is 0. The second kappa shape index (κ2) is 4.95.